The van der Waals surface area contributed by atoms with E-state index >= 15 is 0 Å². The van der Waals surface area contributed by atoms with Gasteiger partial charge in [0.05, 0.1) is 0 Å². The van der Waals surface area contributed by atoms with Gasteiger partial charge in [-0.3, -0.25) is 4.90 Å². The molecule has 0 aromatic heterocycles. The molecule has 1 heterocycles. The van der Waals surface area contributed by atoms with E-state index in [1.807, 2.05) is 0 Å². The standard InChI is InChI=1S/C15H28N2/c1-16-11-14-9-4-10-17(14)15(12-5-2-6-12)13-7-3-8-13/h12-16H,2-11H2,1H3. The lowest BCUT2D eigenvalue weighted by Crippen LogP contribution is -2.53. The van der Waals surface area contributed by atoms with Gasteiger partial charge in [0.15, 0.2) is 0 Å². The van der Waals surface area contributed by atoms with Crippen molar-refractivity contribution in [2.45, 2.75) is 63.5 Å². The molecule has 0 amide bonds. The molecule has 17 heavy (non-hydrogen) atoms. The van der Waals surface area contributed by atoms with Crippen molar-refractivity contribution in [2.24, 2.45) is 11.8 Å². The Labute approximate surface area is 106 Å². The van der Waals surface area contributed by atoms with E-state index in [1.165, 1.54) is 64.5 Å². The summed E-state index contributed by atoms with van der Waals surface area (Å²) in [6.07, 6.45) is 11.9. The second kappa shape index (κ2) is 5.27. The first kappa shape index (κ1) is 12.0. The van der Waals surface area contributed by atoms with Crippen molar-refractivity contribution in [1.82, 2.24) is 10.2 Å². The first-order valence-electron chi connectivity index (χ1n) is 7.80. The third kappa shape index (κ3) is 2.26. The molecule has 1 unspecified atom stereocenters. The van der Waals surface area contributed by atoms with Crippen molar-refractivity contribution in [3.05, 3.63) is 0 Å². The highest BCUT2D eigenvalue weighted by atomic mass is 15.2. The molecule has 1 aliphatic heterocycles. The molecule has 1 saturated heterocycles. The largest absolute Gasteiger partial charge is 0.318 e. The molecule has 3 rings (SSSR count). The number of nitrogens with zero attached hydrogens (tertiary/aromatic N) is 1. The van der Waals surface area contributed by atoms with E-state index in [2.05, 4.69) is 17.3 Å². The number of likely N-dealkylation sites (tertiary alicyclic amines) is 1. The zero-order chi connectivity index (χ0) is 11.7. The van der Waals surface area contributed by atoms with Crippen molar-refractivity contribution in [3.8, 4) is 0 Å². The molecule has 0 aromatic carbocycles. The predicted molar refractivity (Wildman–Crippen MR) is 72.1 cm³/mol. The van der Waals surface area contributed by atoms with Gasteiger partial charge in [0.2, 0.25) is 0 Å². The Morgan fingerprint density at radius 1 is 1.00 bits per heavy atom. The van der Waals surface area contributed by atoms with E-state index in [4.69, 9.17) is 0 Å². The van der Waals surface area contributed by atoms with Crippen molar-refractivity contribution in [2.75, 3.05) is 20.1 Å². The first-order chi connectivity index (χ1) is 8.40. The van der Waals surface area contributed by atoms with Gasteiger partial charge in [0.25, 0.3) is 0 Å². The Kier molecular flexibility index (Phi) is 3.72. The molecule has 3 aliphatic rings. The van der Waals surface area contributed by atoms with Crippen LogP contribution in [0.15, 0.2) is 0 Å². The second-order valence-electron chi connectivity index (χ2n) is 6.46. The van der Waals surface area contributed by atoms with Crippen molar-refractivity contribution >= 4 is 0 Å². The van der Waals surface area contributed by atoms with Crippen LogP contribution >= 0.6 is 0 Å². The third-order valence-electron chi connectivity index (χ3n) is 5.51. The average molecular weight is 236 g/mol. The highest BCUT2D eigenvalue weighted by Crippen LogP contribution is 2.44. The maximum Gasteiger partial charge on any atom is 0.0224 e. The first-order valence-corrected chi connectivity index (χ1v) is 7.80. The van der Waals surface area contributed by atoms with Gasteiger partial charge < -0.3 is 5.32 Å². The van der Waals surface area contributed by atoms with Crippen LogP contribution in [0.4, 0.5) is 0 Å². The van der Waals surface area contributed by atoms with Gasteiger partial charge >= 0.3 is 0 Å². The van der Waals surface area contributed by atoms with Crippen molar-refractivity contribution in [3.63, 3.8) is 0 Å². The van der Waals surface area contributed by atoms with E-state index < -0.39 is 0 Å². The van der Waals surface area contributed by atoms with E-state index in [9.17, 15) is 0 Å². The summed E-state index contributed by atoms with van der Waals surface area (Å²) in [6, 6.07) is 1.80. The Hall–Kier alpha value is -0.0800. The number of hydrogen-bond donors (Lipinski definition) is 1. The fourth-order valence-electron chi connectivity index (χ4n) is 4.19. The Bertz CT molecular complexity index is 231. The fraction of sp³-hybridized carbons (Fsp3) is 1.00. The van der Waals surface area contributed by atoms with E-state index in [0.29, 0.717) is 0 Å². The van der Waals surface area contributed by atoms with Gasteiger partial charge in [-0.15, -0.1) is 0 Å². The molecule has 0 spiro atoms. The van der Waals surface area contributed by atoms with Crippen LogP contribution in [0.1, 0.15) is 51.4 Å². The summed E-state index contributed by atoms with van der Waals surface area (Å²) in [5, 5.41) is 3.40. The number of hydrogen-bond acceptors (Lipinski definition) is 2. The highest BCUT2D eigenvalue weighted by Gasteiger charge is 2.42. The third-order valence-corrected chi connectivity index (χ3v) is 5.51. The van der Waals surface area contributed by atoms with Crippen LogP contribution in [0.2, 0.25) is 0 Å². The highest BCUT2D eigenvalue weighted by molar-refractivity contribution is 4.97. The van der Waals surface area contributed by atoms with Gasteiger partial charge in [0, 0.05) is 18.6 Å². The van der Waals surface area contributed by atoms with Crippen molar-refractivity contribution in [1.29, 1.82) is 0 Å². The summed E-state index contributed by atoms with van der Waals surface area (Å²) in [6.45, 7) is 2.58. The number of likely N-dealkylation sites (N-methyl/N-ethyl adjacent to an activating group) is 1. The summed E-state index contributed by atoms with van der Waals surface area (Å²) in [5.74, 6) is 2.11. The topological polar surface area (TPSA) is 15.3 Å². The molecule has 1 atom stereocenters. The van der Waals surface area contributed by atoms with Gasteiger partial charge in [-0.05, 0) is 64.0 Å². The molecular weight excluding hydrogens is 208 g/mol. The molecule has 1 N–H and O–H groups in total. The second-order valence-corrected chi connectivity index (χ2v) is 6.46. The van der Waals surface area contributed by atoms with Crippen LogP contribution < -0.4 is 5.32 Å². The summed E-state index contributed by atoms with van der Waals surface area (Å²) in [5.41, 5.74) is 0. The van der Waals surface area contributed by atoms with Gasteiger partial charge in [-0.25, -0.2) is 0 Å². The zero-order valence-electron chi connectivity index (χ0n) is 11.3. The SMILES string of the molecule is CNCC1CCCN1C(C1CCC1)C1CCC1. The summed E-state index contributed by atoms with van der Waals surface area (Å²) in [4.78, 5) is 2.91. The lowest BCUT2D eigenvalue weighted by molar-refractivity contribution is 0.0140. The minimum absolute atomic E-state index is 0.839. The lowest BCUT2D eigenvalue weighted by atomic mass is 9.67. The fourth-order valence-corrected chi connectivity index (χ4v) is 4.19. The quantitative estimate of drug-likeness (QED) is 0.789. The molecule has 2 heteroatoms. The van der Waals surface area contributed by atoms with E-state index in [1.54, 1.807) is 0 Å². The van der Waals surface area contributed by atoms with E-state index in [0.717, 1.165) is 23.9 Å². The molecule has 2 saturated carbocycles. The van der Waals surface area contributed by atoms with Gasteiger partial charge in [0.1, 0.15) is 0 Å². The molecule has 2 aliphatic carbocycles. The van der Waals surface area contributed by atoms with Crippen LogP contribution in [0.25, 0.3) is 0 Å². The smallest absolute Gasteiger partial charge is 0.0224 e. The number of rotatable bonds is 5. The van der Waals surface area contributed by atoms with Crippen LogP contribution in [0, 0.1) is 11.8 Å². The molecular formula is C15H28N2. The monoisotopic (exact) mass is 236 g/mol. The van der Waals surface area contributed by atoms with Crippen LogP contribution in [0.5, 0.6) is 0 Å². The van der Waals surface area contributed by atoms with Crippen LogP contribution in [-0.2, 0) is 0 Å². The van der Waals surface area contributed by atoms with Crippen LogP contribution in [-0.4, -0.2) is 37.1 Å². The Balaban J connectivity index is 1.67. The minimum Gasteiger partial charge on any atom is -0.318 e. The maximum absolute atomic E-state index is 3.40. The van der Waals surface area contributed by atoms with Crippen molar-refractivity contribution < 1.29 is 0 Å². The molecule has 2 nitrogen and oxygen atoms in total. The normalized spacial score (nSPS) is 31.8. The summed E-state index contributed by atoms with van der Waals surface area (Å²) in [7, 11) is 2.11. The maximum atomic E-state index is 3.40. The predicted octanol–water partition coefficient (Wildman–Crippen LogP) is 2.64. The molecule has 0 aromatic rings. The molecule has 98 valence electrons. The Morgan fingerprint density at radius 3 is 2.12 bits per heavy atom. The van der Waals surface area contributed by atoms with E-state index in [-0.39, 0.29) is 0 Å². The Morgan fingerprint density at radius 2 is 1.65 bits per heavy atom. The average Bonchev–Trinajstić information content (AvgIpc) is 2.60. The molecule has 3 fully saturated rings. The molecule has 0 bridgehead atoms. The van der Waals surface area contributed by atoms with Gasteiger partial charge in [-0.2, -0.15) is 0 Å². The number of nitrogens with one attached hydrogen (secondary N) is 1. The summed E-state index contributed by atoms with van der Waals surface area (Å²) < 4.78 is 0. The molecule has 0 radical (unpaired) electrons. The zero-order valence-corrected chi connectivity index (χ0v) is 11.3. The summed E-state index contributed by atoms with van der Waals surface area (Å²) >= 11 is 0. The van der Waals surface area contributed by atoms with Gasteiger partial charge in [-0.1, -0.05) is 12.8 Å². The minimum atomic E-state index is 0.839. The lowest BCUT2D eigenvalue weighted by Gasteiger charge is -2.49. The van der Waals surface area contributed by atoms with Crippen LogP contribution in [0.3, 0.4) is 0 Å².